The Morgan fingerprint density at radius 2 is 2.00 bits per heavy atom. The van der Waals surface area contributed by atoms with Crippen molar-refractivity contribution in [2.24, 2.45) is 5.73 Å². The van der Waals surface area contributed by atoms with Crippen LogP contribution < -0.4 is 16.4 Å². The first-order valence-corrected chi connectivity index (χ1v) is 4.60. The number of rotatable bonds is 3. The summed E-state index contributed by atoms with van der Waals surface area (Å²) in [4.78, 5) is 21.9. The van der Waals surface area contributed by atoms with Gasteiger partial charge < -0.3 is 16.4 Å². The molecule has 1 rings (SSSR count). The number of nitrogens with one attached hydrogen (secondary N) is 2. The van der Waals surface area contributed by atoms with Gasteiger partial charge in [-0.25, -0.2) is 4.79 Å². The van der Waals surface area contributed by atoms with Gasteiger partial charge in [-0.05, 0) is 32.3 Å². The standard InChI is InChI=1S/C9H15N3O2/c1-2-4-7(13)11-9(5-3-6-9)12-8(10)14/h2,4H,3,5-6H2,1H3,(H,11,13)(H3,10,12,14)/b4-2+. The van der Waals surface area contributed by atoms with Crippen molar-refractivity contribution in [3.05, 3.63) is 12.2 Å². The van der Waals surface area contributed by atoms with Gasteiger partial charge in [0.05, 0.1) is 0 Å². The summed E-state index contributed by atoms with van der Waals surface area (Å²) in [5, 5.41) is 5.28. The van der Waals surface area contributed by atoms with Gasteiger partial charge >= 0.3 is 6.03 Å². The zero-order valence-electron chi connectivity index (χ0n) is 8.17. The largest absolute Gasteiger partial charge is 0.352 e. The van der Waals surface area contributed by atoms with Crippen LogP contribution in [0.1, 0.15) is 26.2 Å². The summed E-state index contributed by atoms with van der Waals surface area (Å²) < 4.78 is 0. The lowest BCUT2D eigenvalue weighted by molar-refractivity contribution is -0.119. The highest BCUT2D eigenvalue weighted by atomic mass is 16.2. The van der Waals surface area contributed by atoms with Crippen LogP contribution in [0, 0.1) is 0 Å². The smallest absolute Gasteiger partial charge is 0.313 e. The van der Waals surface area contributed by atoms with Crippen LogP contribution in [0.5, 0.6) is 0 Å². The summed E-state index contributed by atoms with van der Waals surface area (Å²) in [5.74, 6) is -0.207. The number of hydrogen-bond acceptors (Lipinski definition) is 2. The Morgan fingerprint density at radius 3 is 2.36 bits per heavy atom. The Balaban J connectivity index is 2.53. The molecule has 0 aromatic carbocycles. The van der Waals surface area contributed by atoms with E-state index in [-0.39, 0.29) is 5.91 Å². The van der Waals surface area contributed by atoms with Crippen molar-refractivity contribution in [3.63, 3.8) is 0 Å². The van der Waals surface area contributed by atoms with E-state index >= 15 is 0 Å². The van der Waals surface area contributed by atoms with Crippen LogP contribution >= 0.6 is 0 Å². The molecule has 0 atom stereocenters. The molecule has 0 heterocycles. The average molecular weight is 197 g/mol. The first kappa shape index (κ1) is 10.6. The quantitative estimate of drug-likeness (QED) is 0.447. The monoisotopic (exact) mass is 197 g/mol. The molecular weight excluding hydrogens is 182 g/mol. The van der Waals surface area contributed by atoms with Crippen molar-refractivity contribution < 1.29 is 9.59 Å². The van der Waals surface area contributed by atoms with Crippen molar-refractivity contribution in [1.82, 2.24) is 10.6 Å². The highest BCUT2D eigenvalue weighted by molar-refractivity contribution is 5.88. The maximum atomic E-state index is 11.2. The normalized spacial score (nSPS) is 18.6. The number of primary amides is 1. The molecule has 0 aromatic rings. The second kappa shape index (κ2) is 4.13. The van der Waals surface area contributed by atoms with Gasteiger partial charge in [0, 0.05) is 0 Å². The minimum atomic E-state index is -0.609. The molecule has 1 aliphatic rings. The Morgan fingerprint density at radius 1 is 1.36 bits per heavy atom. The summed E-state index contributed by atoms with van der Waals surface area (Å²) in [5.41, 5.74) is 4.41. The number of amides is 3. The molecule has 3 amide bonds. The van der Waals surface area contributed by atoms with Crippen LogP contribution in [-0.2, 0) is 4.79 Å². The van der Waals surface area contributed by atoms with Crippen molar-refractivity contribution >= 4 is 11.9 Å². The van der Waals surface area contributed by atoms with Crippen LogP contribution in [0.2, 0.25) is 0 Å². The maximum absolute atomic E-state index is 11.2. The topological polar surface area (TPSA) is 84.2 Å². The number of urea groups is 1. The molecule has 0 saturated heterocycles. The van der Waals surface area contributed by atoms with Gasteiger partial charge in [0.25, 0.3) is 0 Å². The van der Waals surface area contributed by atoms with Gasteiger partial charge in [-0.15, -0.1) is 0 Å². The van der Waals surface area contributed by atoms with E-state index in [0.717, 1.165) is 19.3 Å². The van der Waals surface area contributed by atoms with E-state index in [1.54, 1.807) is 13.0 Å². The molecule has 5 nitrogen and oxygen atoms in total. The number of hydrogen-bond donors (Lipinski definition) is 3. The molecule has 1 fully saturated rings. The first-order valence-electron chi connectivity index (χ1n) is 4.60. The van der Waals surface area contributed by atoms with Crippen LogP contribution in [0.3, 0.4) is 0 Å². The molecule has 14 heavy (non-hydrogen) atoms. The fourth-order valence-electron chi connectivity index (χ4n) is 1.48. The Hall–Kier alpha value is -1.52. The van der Waals surface area contributed by atoms with Gasteiger partial charge in [0.15, 0.2) is 0 Å². The van der Waals surface area contributed by atoms with Crippen LogP contribution in [-0.4, -0.2) is 17.6 Å². The van der Waals surface area contributed by atoms with Crippen molar-refractivity contribution in [2.75, 3.05) is 0 Å². The van der Waals surface area contributed by atoms with Crippen molar-refractivity contribution in [2.45, 2.75) is 31.8 Å². The number of carbonyl (C=O) groups excluding carboxylic acids is 2. The molecule has 0 radical (unpaired) electrons. The molecule has 5 heteroatoms. The summed E-state index contributed by atoms with van der Waals surface area (Å²) >= 11 is 0. The highest BCUT2D eigenvalue weighted by Crippen LogP contribution is 2.28. The first-order chi connectivity index (χ1) is 6.58. The molecule has 0 bridgehead atoms. The number of nitrogens with two attached hydrogens (primary N) is 1. The molecule has 78 valence electrons. The van der Waals surface area contributed by atoms with Crippen LogP contribution in [0.25, 0.3) is 0 Å². The summed E-state index contributed by atoms with van der Waals surface area (Å²) in [6, 6.07) is -0.606. The van der Waals surface area contributed by atoms with E-state index in [4.69, 9.17) is 5.73 Å². The minimum absolute atomic E-state index is 0.207. The lowest BCUT2D eigenvalue weighted by Gasteiger charge is -2.42. The third-order valence-electron chi connectivity index (χ3n) is 2.25. The Labute approximate surface area is 82.7 Å². The lowest BCUT2D eigenvalue weighted by atomic mass is 9.84. The molecular formula is C9H15N3O2. The highest BCUT2D eigenvalue weighted by Gasteiger charge is 2.38. The van der Waals surface area contributed by atoms with Gasteiger partial charge in [0.1, 0.15) is 5.66 Å². The molecule has 0 unspecified atom stereocenters. The molecule has 1 aliphatic carbocycles. The van der Waals surface area contributed by atoms with E-state index < -0.39 is 11.7 Å². The molecule has 4 N–H and O–H groups in total. The second-order valence-electron chi connectivity index (χ2n) is 3.41. The SMILES string of the molecule is C/C=C/C(=O)NC1(NC(N)=O)CCC1. The summed E-state index contributed by atoms with van der Waals surface area (Å²) in [6.45, 7) is 1.76. The van der Waals surface area contributed by atoms with E-state index in [1.807, 2.05) is 0 Å². The van der Waals surface area contributed by atoms with Crippen LogP contribution in [0.15, 0.2) is 12.2 Å². The van der Waals surface area contributed by atoms with Gasteiger partial charge in [0.2, 0.25) is 5.91 Å². The predicted molar refractivity (Wildman–Crippen MR) is 52.3 cm³/mol. The third kappa shape index (κ3) is 2.48. The minimum Gasteiger partial charge on any atom is -0.352 e. The Bertz CT molecular complexity index is 269. The number of carbonyl (C=O) groups is 2. The third-order valence-corrected chi connectivity index (χ3v) is 2.25. The maximum Gasteiger partial charge on any atom is 0.313 e. The summed E-state index contributed by atoms with van der Waals surface area (Å²) in [7, 11) is 0. The fraction of sp³-hybridized carbons (Fsp3) is 0.556. The second-order valence-corrected chi connectivity index (χ2v) is 3.41. The van der Waals surface area contributed by atoms with Crippen molar-refractivity contribution in [1.29, 1.82) is 0 Å². The van der Waals surface area contributed by atoms with Gasteiger partial charge in [-0.2, -0.15) is 0 Å². The fourth-order valence-corrected chi connectivity index (χ4v) is 1.48. The number of allylic oxidation sites excluding steroid dienone is 1. The zero-order chi connectivity index (χ0) is 10.6. The van der Waals surface area contributed by atoms with E-state index in [1.165, 1.54) is 6.08 Å². The zero-order valence-corrected chi connectivity index (χ0v) is 8.17. The van der Waals surface area contributed by atoms with E-state index in [2.05, 4.69) is 10.6 Å². The van der Waals surface area contributed by atoms with Crippen molar-refractivity contribution in [3.8, 4) is 0 Å². The van der Waals surface area contributed by atoms with Crippen LogP contribution in [0.4, 0.5) is 4.79 Å². The van der Waals surface area contributed by atoms with Gasteiger partial charge in [-0.3, -0.25) is 4.79 Å². The Kier molecular flexibility index (Phi) is 3.11. The average Bonchev–Trinajstić information content (AvgIpc) is 1.99. The molecule has 1 saturated carbocycles. The lowest BCUT2D eigenvalue weighted by Crippen LogP contribution is -2.65. The molecule has 0 aromatic heterocycles. The molecule has 0 spiro atoms. The summed E-state index contributed by atoms with van der Waals surface area (Å²) in [6.07, 6.45) is 5.52. The van der Waals surface area contributed by atoms with E-state index in [9.17, 15) is 9.59 Å². The molecule has 0 aliphatic heterocycles. The van der Waals surface area contributed by atoms with Gasteiger partial charge in [-0.1, -0.05) is 6.08 Å². The predicted octanol–water partition coefficient (Wildman–Crippen LogP) is 0.227. The van der Waals surface area contributed by atoms with E-state index in [0.29, 0.717) is 0 Å².